The molecule has 2 rings (SSSR count). The number of fused-ring (bicyclic) bond motifs is 1. The van der Waals surface area contributed by atoms with Crippen molar-refractivity contribution < 1.29 is 0 Å². The molecule has 0 atom stereocenters. The molecule has 0 saturated heterocycles. The van der Waals surface area contributed by atoms with Crippen LogP contribution >= 0.6 is 12.4 Å². The second-order valence-electron chi connectivity index (χ2n) is 2.42. The first-order chi connectivity index (χ1) is 5.29. The Bertz CT molecular complexity index is 313. The molecule has 1 heterocycles. The molecule has 0 saturated carbocycles. The van der Waals surface area contributed by atoms with E-state index >= 15 is 0 Å². The summed E-state index contributed by atoms with van der Waals surface area (Å²) in [5.74, 6) is 0.649. The summed E-state index contributed by atoms with van der Waals surface area (Å²) in [6.07, 6.45) is 0. The minimum Gasteiger partial charge on any atom is -0.325 e. The zero-order valence-corrected chi connectivity index (χ0v) is 7.03. The van der Waals surface area contributed by atoms with Gasteiger partial charge < -0.3 is 5.32 Å². The lowest BCUT2D eigenvalue weighted by atomic mass is 10.1. The monoisotopic (exact) mass is 181 g/mol. The van der Waals surface area contributed by atoms with Gasteiger partial charge in [-0.25, -0.2) is 0 Å². The quantitative estimate of drug-likeness (QED) is 0.556. The van der Waals surface area contributed by atoms with Gasteiger partial charge in [-0.1, -0.05) is 24.3 Å². The fourth-order valence-corrected chi connectivity index (χ4v) is 1.18. The van der Waals surface area contributed by atoms with Crippen LogP contribution in [0.1, 0.15) is 11.1 Å². The average molecular weight is 182 g/mol. The lowest BCUT2D eigenvalue weighted by Crippen LogP contribution is -2.19. The van der Waals surface area contributed by atoms with Gasteiger partial charge in [0.05, 0.1) is 0 Å². The van der Waals surface area contributed by atoms with E-state index in [1.54, 1.807) is 0 Å². The van der Waals surface area contributed by atoms with Gasteiger partial charge in [-0.15, -0.1) is 12.4 Å². The molecule has 1 aromatic rings. The Labute approximate surface area is 76.2 Å². The van der Waals surface area contributed by atoms with Crippen molar-refractivity contribution in [1.29, 1.82) is 10.8 Å². The predicted molar refractivity (Wildman–Crippen MR) is 50.5 cm³/mol. The van der Waals surface area contributed by atoms with Crippen LogP contribution in [0.4, 0.5) is 0 Å². The zero-order chi connectivity index (χ0) is 7.84. The molecule has 1 aliphatic heterocycles. The van der Waals surface area contributed by atoms with E-state index in [9.17, 15) is 0 Å². The van der Waals surface area contributed by atoms with Crippen molar-refractivity contribution in [3.05, 3.63) is 35.4 Å². The third-order valence-electron chi connectivity index (χ3n) is 1.72. The number of rotatable bonds is 0. The van der Waals surface area contributed by atoms with Crippen LogP contribution in [0.5, 0.6) is 0 Å². The molecule has 0 radical (unpaired) electrons. The predicted octanol–water partition coefficient (Wildman–Crippen LogP) is 1.36. The Balaban J connectivity index is 0.000000720. The first-order valence-corrected chi connectivity index (χ1v) is 3.33. The van der Waals surface area contributed by atoms with Gasteiger partial charge in [0.25, 0.3) is 0 Å². The maximum absolute atomic E-state index is 7.41. The van der Waals surface area contributed by atoms with Crippen molar-refractivity contribution in [2.45, 2.75) is 0 Å². The standard InChI is InChI=1S/C8H7N3.ClH/c9-7-5-3-1-2-4-6(5)8(10)11-7;/h1-4H,(H3,9,10,11);1H. The van der Waals surface area contributed by atoms with Crippen LogP contribution in [0.25, 0.3) is 0 Å². The second kappa shape index (κ2) is 2.95. The third-order valence-corrected chi connectivity index (χ3v) is 1.72. The molecule has 0 amide bonds. The molecular weight excluding hydrogens is 174 g/mol. The van der Waals surface area contributed by atoms with Crippen LogP contribution in [-0.2, 0) is 0 Å². The highest BCUT2D eigenvalue weighted by molar-refractivity contribution is 6.23. The molecule has 1 aromatic carbocycles. The Kier molecular flexibility index (Phi) is 2.15. The molecule has 0 aromatic heterocycles. The topological polar surface area (TPSA) is 59.7 Å². The maximum atomic E-state index is 7.41. The largest absolute Gasteiger partial charge is 0.325 e. The highest BCUT2D eigenvalue weighted by atomic mass is 35.5. The molecule has 62 valence electrons. The number of benzene rings is 1. The molecule has 0 unspecified atom stereocenters. The summed E-state index contributed by atoms with van der Waals surface area (Å²) in [7, 11) is 0. The van der Waals surface area contributed by atoms with Crippen LogP contribution in [0.15, 0.2) is 24.3 Å². The van der Waals surface area contributed by atoms with E-state index in [0.29, 0.717) is 11.7 Å². The zero-order valence-electron chi connectivity index (χ0n) is 6.22. The van der Waals surface area contributed by atoms with Gasteiger partial charge in [-0.2, -0.15) is 0 Å². The Morgan fingerprint density at radius 1 is 0.917 bits per heavy atom. The summed E-state index contributed by atoms with van der Waals surface area (Å²) < 4.78 is 0. The van der Waals surface area contributed by atoms with Crippen LogP contribution in [0.3, 0.4) is 0 Å². The van der Waals surface area contributed by atoms with Gasteiger partial charge in [0.2, 0.25) is 0 Å². The van der Waals surface area contributed by atoms with E-state index in [0.717, 1.165) is 11.1 Å². The number of amidine groups is 2. The number of hydrogen-bond acceptors (Lipinski definition) is 2. The molecule has 4 heteroatoms. The number of nitrogens with one attached hydrogen (secondary N) is 3. The smallest absolute Gasteiger partial charge is 0.131 e. The van der Waals surface area contributed by atoms with E-state index in [1.165, 1.54) is 0 Å². The molecule has 0 fully saturated rings. The van der Waals surface area contributed by atoms with Gasteiger partial charge >= 0.3 is 0 Å². The van der Waals surface area contributed by atoms with Crippen molar-refractivity contribution in [3.8, 4) is 0 Å². The number of hydrogen-bond donors (Lipinski definition) is 3. The van der Waals surface area contributed by atoms with Crippen molar-refractivity contribution in [2.24, 2.45) is 0 Å². The van der Waals surface area contributed by atoms with Crippen molar-refractivity contribution in [2.75, 3.05) is 0 Å². The maximum Gasteiger partial charge on any atom is 0.131 e. The van der Waals surface area contributed by atoms with Gasteiger partial charge in [0.1, 0.15) is 11.7 Å². The Hall–Kier alpha value is -1.35. The van der Waals surface area contributed by atoms with E-state index in [2.05, 4.69) is 5.32 Å². The van der Waals surface area contributed by atoms with Crippen molar-refractivity contribution in [1.82, 2.24) is 5.32 Å². The summed E-state index contributed by atoms with van der Waals surface area (Å²) in [5.41, 5.74) is 1.63. The molecule has 1 aliphatic rings. The van der Waals surface area contributed by atoms with Gasteiger partial charge in [0, 0.05) is 11.1 Å². The molecular formula is C8H8ClN3. The molecule has 0 spiro atoms. The summed E-state index contributed by atoms with van der Waals surface area (Å²) in [6.45, 7) is 0. The minimum absolute atomic E-state index is 0. The molecule has 12 heavy (non-hydrogen) atoms. The first-order valence-electron chi connectivity index (χ1n) is 3.33. The van der Waals surface area contributed by atoms with Gasteiger partial charge in [-0.3, -0.25) is 10.8 Å². The summed E-state index contributed by atoms with van der Waals surface area (Å²) in [5, 5.41) is 17.5. The van der Waals surface area contributed by atoms with Crippen LogP contribution in [-0.4, -0.2) is 11.7 Å². The summed E-state index contributed by atoms with van der Waals surface area (Å²) in [4.78, 5) is 0. The van der Waals surface area contributed by atoms with Gasteiger partial charge in [0.15, 0.2) is 0 Å². The normalized spacial score (nSPS) is 13.3. The number of halogens is 1. The summed E-state index contributed by atoms with van der Waals surface area (Å²) in [6, 6.07) is 7.42. The SMILES string of the molecule is Cl.N=C1NC(=N)c2ccccc21. The highest BCUT2D eigenvalue weighted by Gasteiger charge is 2.18. The first kappa shape index (κ1) is 8.74. The third kappa shape index (κ3) is 1.08. The van der Waals surface area contributed by atoms with E-state index in [4.69, 9.17) is 10.8 Å². The lowest BCUT2D eigenvalue weighted by molar-refractivity contribution is 1.29. The molecule has 0 bridgehead atoms. The molecule has 3 nitrogen and oxygen atoms in total. The lowest BCUT2D eigenvalue weighted by Gasteiger charge is -1.91. The van der Waals surface area contributed by atoms with Crippen LogP contribution in [0, 0.1) is 10.8 Å². The Morgan fingerprint density at radius 3 is 1.75 bits per heavy atom. The fourth-order valence-electron chi connectivity index (χ4n) is 1.18. The van der Waals surface area contributed by atoms with E-state index < -0.39 is 0 Å². The summed E-state index contributed by atoms with van der Waals surface area (Å²) >= 11 is 0. The van der Waals surface area contributed by atoms with Crippen molar-refractivity contribution in [3.63, 3.8) is 0 Å². The van der Waals surface area contributed by atoms with Crippen molar-refractivity contribution >= 4 is 24.1 Å². The van der Waals surface area contributed by atoms with Crippen LogP contribution in [0.2, 0.25) is 0 Å². The van der Waals surface area contributed by atoms with Gasteiger partial charge in [-0.05, 0) is 0 Å². The van der Waals surface area contributed by atoms with E-state index in [-0.39, 0.29) is 12.4 Å². The highest BCUT2D eigenvalue weighted by Crippen LogP contribution is 2.13. The van der Waals surface area contributed by atoms with E-state index in [1.807, 2.05) is 24.3 Å². The fraction of sp³-hybridized carbons (Fsp3) is 0. The molecule has 0 aliphatic carbocycles. The Morgan fingerprint density at radius 2 is 1.33 bits per heavy atom. The second-order valence-corrected chi connectivity index (χ2v) is 2.42. The minimum atomic E-state index is 0. The average Bonchev–Trinajstić information content (AvgIpc) is 2.30. The molecule has 3 N–H and O–H groups in total. The van der Waals surface area contributed by atoms with Crippen LogP contribution < -0.4 is 5.32 Å².